The Balaban J connectivity index is 2.18. The van der Waals surface area contributed by atoms with Crippen molar-refractivity contribution in [3.8, 4) is 5.75 Å². The second-order valence-electron chi connectivity index (χ2n) is 5.80. The maximum atomic E-state index is 14.0. The van der Waals surface area contributed by atoms with E-state index in [1.54, 1.807) is 19.9 Å². The number of halogens is 3. The third-order valence-corrected chi connectivity index (χ3v) is 3.96. The van der Waals surface area contributed by atoms with Gasteiger partial charge in [0.2, 0.25) is 0 Å². The van der Waals surface area contributed by atoms with E-state index in [-0.39, 0.29) is 17.5 Å². The molecule has 2 aromatic carbocycles. The van der Waals surface area contributed by atoms with Crippen molar-refractivity contribution in [1.29, 1.82) is 0 Å². The molecule has 0 bridgehead atoms. The highest BCUT2D eigenvalue weighted by Crippen LogP contribution is 2.24. The molecule has 2 aromatic rings. The van der Waals surface area contributed by atoms with Crippen molar-refractivity contribution in [2.45, 2.75) is 20.0 Å². The first-order chi connectivity index (χ1) is 12.3. The Labute approximate surface area is 157 Å². The molecule has 26 heavy (non-hydrogen) atoms. The van der Waals surface area contributed by atoms with Gasteiger partial charge in [0.25, 0.3) is 5.91 Å². The number of amides is 1. The van der Waals surface area contributed by atoms with Gasteiger partial charge in [-0.1, -0.05) is 34.9 Å². The maximum absolute atomic E-state index is 14.0. The van der Waals surface area contributed by atoms with Crippen LogP contribution in [0.1, 0.15) is 19.4 Å². The van der Waals surface area contributed by atoms with Crippen molar-refractivity contribution in [2.24, 2.45) is 11.1 Å². The molecule has 0 radical (unpaired) electrons. The highest BCUT2D eigenvalue weighted by atomic mass is 79.9. The van der Waals surface area contributed by atoms with Gasteiger partial charge in [-0.3, -0.25) is 4.79 Å². The molecule has 1 amide bonds. The minimum absolute atomic E-state index is 0.0775. The SMILES string of the molecule is CC(C)C(Oc1ccc(Br)cc1F)C(=O)NC(=NO)c1ccc(F)cc1. The molecule has 2 N–H and O–H groups in total. The largest absolute Gasteiger partial charge is 0.477 e. The lowest BCUT2D eigenvalue weighted by Gasteiger charge is -2.22. The molecular weight excluding hydrogens is 410 g/mol. The van der Waals surface area contributed by atoms with Gasteiger partial charge in [0, 0.05) is 10.0 Å². The van der Waals surface area contributed by atoms with Gasteiger partial charge in [-0.15, -0.1) is 0 Å². The summed E-state index contributed by atoms with van der Waals surface area (Å²) in [6, 6.07) is 9.26. The van der Waals surface area contributed by atoms with Crippen LogP contribution in [0.2, 0.25) is 0 Å². The summed E-state index contributed by atoms with van der Waals surface area (Å²) < 4.78 is 33.1. The second-order valence-corrected chi connectivity index (χ2v) is 6.72. The normalized spacial score (nSPS) is 12.8. The third kappa shape index (κ3) is 5.01. The van der Waals surface area contributed by atoms with Crippen LogP contribution in [0.3, 0.4) is 0 Å². The molecule has 1 unspecified atom stereocenters. The molecule has 5 nitrogen and oxygen atoms in total. The quantitative estimate of drug-likeness (QED) is 0.327. The van der Waals surface area contributed by atoms with E-state index in [1.165, 1.54) is 36.4 Å². The Kier molecular flexibility index (Phi) is 6.68. The molecule has 0 aromatic heterocycles. The van der Waals surface area contributed by atoms with Crippen LogP contribution in [0, 0.1) is 17.6 Å². The van der Waals surface area contributed by atoms with Crippen molar-refractivity contribution >= 4 is 27.7 Å². The molecule has 0 aliphatic heterocycles. The van der Waals surface area contributed by atoms with Gasteiger partial charge in [-0.05, 0) is 48.4 Å². The number of rotatable bonds is 5. The Hall–Kier alpha value is -2.48. The monoisotopic (exact) mass is 426 g/mol. The zero-order valence-electron chi connectivity index (χ0n) is 14.0. The molecule has 8 heteroatoms. The van der Waals surface area contributed by atoms with Gasteiger partial charge in [0.15, 0.2) is 23.5 Å². The summed E-state index contributed by atoms with van der Waals surface area (Å²) in [5, 5.41) is 14.6. The summed E-state index contributed by atoms with van der Waals surface area (Å²) in [7, 11) is 0. The van der Waals surface area contributed by atoms with Crippen LogP contribution in [-0.2, 0) is 4.79 Å². The zero-order valence-corrected chi connectivity index (χ0v) is 15.6. The fourth-order valence-corrected chi connectivity index (χ4v) is 2.48. The van der Waals surface area contributed by atoms with Crippen LogP contribution in [0.15, 0.2) is 52.1 Å². The van der Waals surface area contributed by atoms with Gasteiger partial charge in [0.1, 0.15) is 5.82 Å². The Morgan fingerprint density at radius 1 is 1.19 bits per heavy atom. The molecule has 0 saturated carbocycles. The molecule has 2 rings (SSSR count). The van der Waals surface area contributed by atoms with Crippen molar-refractivity contribution in [3.63, 3.8) is 0 Å². The van der Waals surface area contributed by atoms with E-state index in [2.05, 4.69) is 26.4 Å². The first kappa shape index (κ1) is 19.8. The van der Waals surface area contributed by atoms with E-state index >= 15 is 0 Å². The number of nitrogens with one attached hydrogen (secondary N) is 1. The first-order valence-corrected chi connectivity index (χ1v) is 8.51. The predicted octanol–water partition coefficient (Wildman–Crippen LogP) is 4.08. The number of ether oxygens (including phenoxy) is 1. The summed E-state index contributed by atoms with van der Waals surface area (Å²) in [6.07, 6.45) is -1.04. The number of hydrogen-bond donors (Lipinski definition) is 2. The summed E-state index contributed by atoms with van der Waals surface area (Å²) in [5.41, 5.74) is 0.305. The lowest BCUT2D eigenvalue weighted by Crippen LogP contribution is -2.44. The summed E-state index contributed by atoms with van der Waals surface area (Å²) >= 11 is 3.15. The second kappa shape index (κ2) is 8.75. The van der Waals surface area contributed by atoms with Gasteiger partial charge in [0.05, 0.1) is 0 Å². The van der Waals surface area contributed by atoms with E-state index in [0.29, 0.717) is 10.0 Å². The fraction of sp³-hybridized carbons (Fsp3) is 0.222. The standard InChI is InChI=1S/C18H17BrF2N2O3/c1-10(2)16(26-15-8-5-12(19)9-14(15)21)18(24)22-17(23-25)11-3-6-13(20)7-4-11/h3-10,16,25H,1-2H3,(H,22,23,24). The smallest absolute Gasteiger partial charge is 0.266 e. The Morgan fingerprint density at radius 3 is 2.38 bits per heavy atom. The minimum Gasteiger partial charge on any atom is -0.477 e. The lowest BCUT2D eigenvalue weighted by atomic mass is 10.1. The number of amidine groups is 1. The molecule has 0 spiro atoms. The highest BCUT2D eigenvalue weighted by molar-refractivity contribution is 9.10. The van der Waals surface area contributed by atoms with Crippen LogP contribution in [-0.4, -0.2) is 23.1 Å². The van der Waals surface area contributed by atoms with E-state index in [4.69, 9.17) is 9.94 Å². The van der Waals surface area contributed by atoms with E-state index in [1.807, 2.05) is 0 Å². The lowest BCUT2D eigenvalue weighted by molar-refractivity contribution is -0.128. The Bertz CT molecular complexity index is 811. The van der Waals surface area contributed by atoms with Crippen molar-refractivity contribution in [2.75, 3.05) is 0 Å². The van der Waals surface area contributed by atoms with Crippen LogP contribution in [0.4, 0.5) is 8.78 Å². The highest BCUT2D eigenvalue weighted by Gasteiger charge is 2.27. The molecule has 0 heterocycles. The van der Waals surface area contributed by atoms with Crippen molar-refractivity contribution in [1.82, 2.24) is 5.32 Å². The molecule has 138 valence electrons. The Morgan fingerprint density at radius 2 is 1.85 bits per heavy atom. The van der Waals surface area contributed by atoms with Crippen molar-refractivity contribution < 1.29 is 23.5 Å². The van der Waals surface area contributed by atoms with Crippen LogP contribution >= 0.6 is 15.9 Å². The minimum atomic E-state index is -1.04. The number of benzene rings is 2. The van der Waals surface area contributed by atoms with Gasteiger partial charge in [-0.25, -0.2) is 8.78 Å². The van der Waals surface area contributed by atoms with Crippen LogP contribution in [0.5, 0.6) is 5.75 Å². The third-order valence-electron chi connectivity index (χ3n) is 3.47. The molecular formula is C18H17BrF2N2O3. The van der Waals surface area contributed by atoms with Gasteiger partial charge in [-0.2, -0.15) is 0 Å². The topological polar surface area (TPSA) is 70.9 Å². The number of carbonyl (C=O) groups is 1. The maximum Gasteiger partial charge on any atom is 0.266 e. The predicted molar refractivity (Wildman–Crippen MR) is 96.2 cm³/mol. The van der Waals surface area contributed by atoms with E-state index < -0.39 is 23.6 Å². The molecule has 0 fully saturated rings. The summed E-state index contributed by atoms with van der Waals surface area (Å²) in [5.74, 6) is -2.25. The van der Waals surface area contributed by atoms with Gasteiger partial charge < -0.3 is 15.3 Å². The zero-order chi connectivity index (χ0) is 19.3. The molecule has 0 aliphatic carbocycles. The number of nitrogens with zero attached hydrogens (tertiary/aromatic N) is 1. The van der Waals surface area contributed by atoms with E-state index in [0.717, 1.165) is 0 Å². The number of oxime groups is 1. The average molecular weight is 427 g/mol. The molecule has 0 aliphatic rings. The summed E-state index contributed by atoms with van der Waals surface area (Å²) in [6.45, 7) is 3.46. The molecule has 0 saturated heterocycles. The average Bonchev–Trinajstić information content (AvgIpc) is 2.59. The van der Waals surface area contributed by atoms with E-state index in [9.17, 15) is 13.6 Å². The van der Waals surface area contributed by atoms with Gasteiger partial charge >= 0.3 is 0 Å². The van der Waals surface area contributed by atoms with Crippen molar-refractivity contribution in [3.05, 3.63) is 64.1 Å². The first-order valence-electron chi connectivity index (χ1n) is 7.72. The van der Waals surface area contributed by atoms with Crippen LogP contribution < -0.4 is 10.1 Å². The summed E-state index contributed by atoms with van der Waals surface area (Å²) in [4.78, 5) is 12.5. The number of carbonyl (C=O) groups excluding carboxylic acids is 1. The molecule has 1 atom stereocenters. The number of hydrogen-bond acceptors (Lipinski definition) is 4. The van der Waals surface area contributed by atoms with Crippen LogP contribution in [0.25, 0.3) is 0 Å². The fourth-order valence-electron chi connectivity index (χ4n) is 2.15.